The van der Waals surface area contributed by atoms with Gasteiger partial charge in [-0.3, -0.25) is 15.0 Å². The number of nitrogens with one attached hydrogen (secondary N) is 1. The molecule has 3 rings (SSSR count). The highest BCUT2D eigenvalue weighted by molar-refractivity contribution is 8.26. The van der Waals surface area contributed by atoms with Crippen LogP contribution in [0.15, 0.2) is 59.3 Å². The van der Waals surface area contributed by atoms with Crippen molar-refractivity contribution in [3.8, 4) is 5.75 Å². The number of hydrogen-bond acceptors (Lipinski definition) is 6. The highest BCUT2D eigenvalue weighted by Crippen LogP contribution is 2.33. The lowest BCUT2D eigenvalue weighted by atomic mass is 10.2. The molecule has 1 aliphatic rings. The van der Waals surface area contributed by atoms with Crippen LogP contribution in [0.25, 0.3) is 6.08 Å². The van der Waals surface area contributed by atoms with Crippen LogP contribution in [0.3, 0.4) is 0 Å². The van der Waals surface area contributed by atoms with Gasteiger partial charge >= 0.3 is 0 Å². The molecule has 1 aliphatic heterocycles. The molecule has 0 unspecified atom stereocenters. The molecule has 1 aromatic carbocycles. The predicted octanol–water partition coefficient (Wildman–Crippen LogP) is 3.86. The second-order valence-corrected chi connectivity index (χ2v) is 7.70. The molecular weight excluding hydrogens is 388 g/mol. The van der Waals surface area contributed by atoms with Gasteiger partial charge < -0.3 is 4.74 Å². The first-order chi connectivity index (χ1) is 12.6. The van der Waals surface area contributed by atoms with Crippen molar-refractivity contribution >= 4 is 57.5 Å². The molecule has 8 heteroatoms. The van der Waals surface area contributed by atoms with E-state index < -0.39 is 0 Å². The molecule has 1 aromatic heterocycles. The van der Waals surface area contributed by atoms with Crippen LogP contribution in [0.2, 0.25) is 0 Å². The van der Waals surface area contributed by atoms with E-state index in [1.807, 2.05) is 24.3 Å². The van der Waals surface area contributed by atoms with Crippen LogP contribution >= 0.6 is 35.3 Å². The Bertz CT molecular complexity index is 891. The Morgan fingerprint density at radius 2 is 2.12 bits per heavy atom. The molecule has 0 spiro atoms. The Labute approximate surface area is 164 Å². The molecule has 2 amide bonds. The summed E-state index contributed by atoms with van der Waals surface area (Å²) in [7, 11) is 0. The zero-order valence-corrected chi connectivity index (χ0v) is 16.0. The number of ether oxygens (including phenoxy) is 1. The molecule has 26 heavy (non-hydrogen) atoms. The molecule has 0 aliphatic carbocycles. The number of carbonyl (C=O) groups excluding carboxylic acids is 2. The van der Waals surface area contributed by atoms with Crippen molar-refractivity contribution in [2.75, 3.05) is 6.61 Å². The average Bonchev–Trinajstić information content (AvgIpc) is 3.26. The topological polar surface area (TPSA) is 58.6 Å². The largest absolute Gasteiger partial charge is 0.489 e. The minimum Gasteiger partial charge on any atom is -0.489 e. The Morgan fingerprint density at radius 3 is 2.85 bits per heavy atom. The maximum absolute atomic E-state index is 12.6. The van der Waals surface area contributed by atoms with Crippen molar-refractivity contribution in [2.24, 2.45) is 0 Å². The molecule has 0 atom stereocenters. The van der Waals surface area contributed by atoms with Crippen LogP contribution in [-0.4, -0.2) is 27.8 Å². The van der Waals surface area contributed by atoms with Gasteiger partial charge in [-0.05, 0) is 35.8 Å². The summed E-state index contributed by atoms with van der Waals surface area (Å²) >= 11 is 7.65. The Hall–Kier alpha value is -2.42. The maximum atomic E-state index is 12.6. The van der Waals surface area contributed by atoms with Gasteiger partial charge in [0.1, 0.15) is 12.4 Å². The molecule has 5 nitrogen and oxygen atoms in total. The average molecular weight is 403 g/mol. The summed E-state index contributed by atoms with van der Waals surface area (Å²) in [5, 5.41) is 2.89. The molecular formula is C18H14N2O3S3. The molecule has 1 saturated heterocycles. The van der Waals surface area contributed by atoms with Gasteiger partial charge in [0.05, 0.1) is 9.78 Å². The number of benzene rings is 1. The van der Waals surface area contributed by atoms with Crippen LogP contribution in [0.4, 0.5) is 0 Å². The number of thiophene rings is 1. The van der Waals surface area contributed by atoms with E-state index in [0.29, 0.717) is 22.1 Å². The first-order valence-electron chi connectivity index (χ1n) is 7.55. The van der Waals surface area contributed by atoms with E-state index >= 15 is 0 Å². The Kier molecular flexibility index (Phi) is 5.87. The fraction of sp³-hybridized carbons (Fsp3) is 0.0556. The second-order valence-electron chi connectivity index (χ2n) is 5.07. The summed E-state index contributed by atoms with van der Waals surface area (Å²) in [6.45, 7) is 3.99. The predicted molar refractivity (Wildman–Crippen MR) is 109 cm³/mol. The molecule has 0 bridgehead atoms. The number of amides is 2. The quantitative estimate of drug-likeness (QED) is 0.452. The number of nitrogens with zero attached hydrogens (tertiary/aromatic N) is 1. The Morgan fingerprint density at radius 1 is 1.31 bits per heavy atom. The van der Waals surface area contributed by atoms with Crippen LogP contribution < -0.4 is 10.2 Å². The van der Waals surface area contributed by atoms with Crippen molar-refractivity contribution in [2.45, 2.75) is 0 Å². The van der Waals surface area contributed by atoms with Crippen LogP contribution in [0, 0.1) is 0 Å². The number of thiocarbonyl (C=S) groups is 1. The summed E-state index contributed by atoms with van der Waals surface area (Å²) in [6, 6.07) is 10.8. The van der Waals surface area contributed by atoms with Crippen molar-refractivity contribution in [3.05, 3.63) is 69.8 Å². The lowest BCUT2D eigenvalue weighted by Crippen LogP contribution is -2.44. The number of para-hydroxylation sites is 1. The number of carbonyl (C=O) groups is 2. The highest BCUT2D eigenvalue weighted by Gasteiger charge is 2.34. The minimum absolute atomic E-state index is 0.274. The monoisotopic (exact) mass is 402 g/mol. The number of hydrazine groups is 1. The molecule has 1 fully saturated rings. The minimum atomic E-state index is -0.372. The third kappa shape index (κ3) is 4.04. The first kappa shape index (κ1) is 18.4. The molecule has 0 saturated carbocycles. The third-order valence-electron chi connectivity index (χ3n) is 3.31. The zero-order chi connectivity index (χ0) is 18.5. The first-order valence-corrected chi connectivity index (χ1v) is 9.66. The van der Waals surface area contributed by atoms with Crippen LogP contribution in [-0.2, 0) is 4.79 Å². The maximum Gasteiger partial charge on any atom is 0.285 e. The van der Waals surface area contributed by atoms with E-state index in [0.717, 1.165) is 22.3 Å². The SMILES string of the molecule is C=CCOc1ccccc1/C=C1\SC(=S)N(NC(=O)c2cccs2)C1=O. The van der Waals surface area contributed by atoms with Gasteiger partial charge in [0, 0.05) is 5.56 Å². The van der Waals surface area contributed by atoms with E-state index in [-0.39, 0.29) is 16.1 Å². The van der Waals surface area contributed by atoms with Crippen molar-refractivity contribution < 1.29 is 14.3 Å². The Balaban J connectivity index is 1.79. The van der Waals surface area contributed by atoms with Crippen molar-refractivity contribution in [1.29, 1.82) is 0 Å². The van der Waals surface area contributed by atoms with E-state index in [1.165, 1.54) is 11.3 Å². The highest BCUT2D eigenvalue weighted by atomic mass is 32.2. The zero-order valence-electron chi connectivity index (χ0n) is 13.5. The second kappa shape index (κ2) is 8.31. The van der Waals surface area contributed by atoms with Gasteiger partial charge in [-0.15, -0.1) is 11.3 Å². The van der Waals surface area contributed by atoms with Gasteiger partial charge in [0.15, 0.2) is 4.32 Å². The van der Waals surface area contributed by atoms with Gasteiger partial charge in [0.25, 0.3) is 11.8 Å². The van der Waals surface area contributed by atoms with Crippen LogP contribution in [0.1, 0.15) is 15.2 Å². The summed E-state index contributed by atoms with van der Waals surface area (Å²) in [5.41, 5.74) is 3.30. The molecule has 132 valence electrons. The van der Waals surface area contributed by atoms with E-state index in [2.05, 4.69) is 12.0 Å². The molecule has 0 radical (unpaired) electrons. The number of hydrogen-bond donors (Lipinski definition) is 1. The number of thioether (sulfide) groups is 1. The smallest absolute Gasteiger partial charge is 0.285 e. The van der Waals surface area contributed by atoms with E-state index in [1.54, 1.807) is 29.7 Å². The lowest BCUT2D eigenvalue weighted by molar-refractivity contribution is -0.123. The third-order valence-corrected chi connectivity index (χ3v) is 5.49. The number of rotatable bonds is 6. The fourth-order valence-electron chi connectivity index (χ4n) is 2.15. The molecule has 2 aromatic rings. The van der Waals surface area contributed by atoms with Gasteiger partial charge in [-0.1, -0.05) is 48.7 Å². The summed E-state index contributed by atoms with van der Waals surface area (Å²) in [4.78, 5) is 25.7. The summed E-state index contributed by atoms with van der Waals surface area (Å²) < 4.78 is 5.87. The lowest BCUT2D eigenvalue weighted by Gasteiger charge is -2.14. The van der Waals surface area contributed by atoms with Crippen LogP contribution in [0.5, 0.6) is 5.75 Å². The van der Waals surface area contributed by atoms with Crippen molar-refractivity contribution in [1.82, 2.24) is 10.4 Å². The van der Waals surface area contributed by atoms with E-state index in [4.69, 9.17) is 17.0 Å². The van der Waals surface area contributed by atoms with Gasteiger partial charge in [0.2, 0.25) is 0 Å². The molecule has 1 N–H and O–H groups in total. The molecule has 2 heterocycles. The summed E-state index contributed by atoms with van der Waals surface area (Å²) in [5.74, 6) is -0.101. The van der Waals surface area contributed by atoms with Gasteiger partial charge in [-0.25, -0.2) is 0 Å². The van der Waals surface area contributed by atoms with Crippen molar-refractivity contribution in [3.63, 3.8) is 0 Å². The standard InChI is InChI=1S/C18H14N2O3S3/c1-2-9-23-13-7-4-3-6-12(13)11-15-17(22)20(18(24)26-15)19-16(21)14-8-5-10-25-14/h2-8,10-11H,1,9H2,(H,19,21)/b15-11-. The van der Waals surface area contributed by atoms with E-state index in [9.17, 15) is 9.59 Å². The van der Waals surface area contributed by atoms with Gasteiger partial charge in [-0.2, -0.15) is 5.01 Å². The fourth-order valence-corrected chi connectivity index (χ4v) is 3.93. The summed E-state index contributed by atoms with van der Waals surface area (Å²) in [6.07, 6.45) is 3.35. The normalized spacial score (nSPS) is 15.4.